The number of piperidine rings is 1. The SMILES string of the molecule is CCc1nnc(CN2CCC[C@H](c3nc(-c4ccccc4)n[nH]3)C2)o1. The number of hydrogen-bond acceptors (Lipinski definition) is 6. The minimum Gasteiger partial charge on any atom is -0.424 e. The Bertz CT molecular complexity index is 812. The molecule has 1 atom stereocenters. The highest BCUT2D eigenvalue weighted by Gasteiger charge is 2.25. The number of nitrogens with one attached hydrogen (secondary N) is 1. The first-order valence-corrected chi connectivity index (χ1v) is 8.83. The predicted octanol–water partition coefficient (Wildman–Crippen LogP) is 2.80. The quantitative estimate of drug-likeness (QED) is 0.770. The van der Waals surface area contributed by atoms with Crippen LogP contribution in [0.5, 0.6) is 0 Å². The molecule has 1 aromatic carbocycles. The third-order valence-electron chi connectivity index (χ3n) is 4.60. The van der Waals surface area contributed by atoms with Crippen molar-refractivity contribution in [2.75, 3.05) is 13.1 Å². The van der Waals surface area contributed by atoms with Gasteiger partial charge in [-0.15, -0.1) is 10.2 Å². The zero-order valence-corrected chi connectivity index (χ0v) is 14.4. The van der Waals surface area contributed by atoms with Crippen LogP contribution in [-0.4, -0.2) is 43.4 Å². The van der Waals surface area contributed by atoms with E-state index < -0.39 is 0 Å². The number of rotatable bonds is 5. The molecule has 3 heterocycles. The Morgan fingerprint density at radius 2 is 2.04 bits per heavy atom. The van der Waals surface area contributed by atoms with Crippen molar-refractivity contribution < 1.29 is 4.42 Å². The minimum absolute atomic E-state index is 0.354. The number of hydrogen-bond donors (Lipinski definition) is 1. The first-order valence-electron chi connectivity index (χ1n) is 8.83. The second-order valence-corrected chi connectivity index (χ2v) is 6.43. The number of likely N-dealkylation sites (tertiary alicyclic amines) is 1. The van der Waals surface area contributed by atoms with E-state index in [0.717, 1.165) is 49.6 Å². The van der Waals surface area contributed by atoms with Gasteiger partial charge in [0.2, 0.25) is 11.8 Å². The third kappa shape index (κ3) is 3.61. The molecule has 0 unspecified atom stereocenters. The number of nitrogens with zero attached hydrogens (tertiary/aromatic N) is 5. The van der Waals surface area contributed by atoms with Crippen LogP contribution < -0.4 is 0 Å². The Hall–Kier alpha value is -2.54. The van der Waals surface area contributed by atoms with E-state index in [4.69, 9.17) is 9.40 Å². The fourth-order valence-corrected chi connectivity index (χ4v) is 3.28. The van der Waals surface area contributed by atoms with E-state index >= 15 is 0 Å². The van der Waals surface area contributed by atoms with Crippen LogP contribution in [0.2, 0.25) is 0 Å². The fraction of sp³-hybridized carbons (Fsp3) is 0.444. The van der Waals surface area contributed by atoms with Crippen molar-refractivity contribution in [3.05, 3.63) is 47.9 Å². The lowest BCUT2D eigenvalue weighted by Crippen LogP contribution is -2.34. The van der Waals surface area contributed by atoms with Gasteiger partial charge in [-0.2, -0.15) is 5.10 Å². The molecule has 0 radical (unpaired) electrons. The first kappa shape index (κ1) is 16.0. The van der Waals surface area contributed by atoms with Gasteiger partial charge in [0.25, 0.3) is 0 Å². The summed E-state index contributed by atoms with van der Waals surface area (Å²) >= 11 is 0. The molecule has 1 fully saturated rings. The van der Waals surface area contributed by atoms with Crippen LogP contribution in [0.3, 0.4) is 0 Å². The molecule has 1 aliphatic rings. The minimum atomic E-state index is 0.354. The van der Waals surface area contributed by atoms with E-state index in [-0.39, 0.29) is 0 Å². The summed E-state index contributed by atoms with van der Waals surface area (Å²) in [6, 6.07) is 10.1. The lowest BCUT2D eigenvalue weighted by molar-refractivity contribution is 0.179. The Morgan fingerprint density at radius 1 is 1.20 bits per heavy atom. The van der Waals surface area contributed by atoms with Gasteiger partial charge in [0.1, 0.15) is 5.82 Å². The zero-order valence-electron chi connectivity index (χ0n) is 14.4. The molecule has 1 saturated heterocycles. The van der Waals surface area contributed by atoms with Crippen molar-refractivity contribution in [1.82, 2.24) is 30.3 Å². The van der Waals surface area contributed by atoms with Gasteiger partial charge in [-0.3, -0.25) is 10.00 Å². The molecule has 130 valence electrons. The van der Waals surface area contributed by atoms with Gasteiger partial charge in [0.05, 0.1) is 6.54 Å². The third-order valence-corrected chi connectivity index (χ3v) is 4.60. The van der Waals surface area contributed by atoms with E-state index in [9.17, 15) is 0 Å². The predicted molar refractivity (Wildman–Crippen MR) is 92.7 cm³/mol. The van der Waals surface area contributed by atoms with E-state index in [1.807, 2.05) is 37.3 Å². The average molecular weight is 338 g/mol. The molecule has 1 aliphatic heterocycles. The lowest BCUT2D eigenvalue weighted by atomic mass is 9.97. The standard InChI is InChI=1S/C18H22N6O/c1-2-15-20-21-16(25-15)12-24-10-6-9-14(11-24)18-19-17(22-23-18)13-7-4-3-5-8-13/h3-5,7-8,14H,2,6,9-12H2,1H3,(H,19,22,23)/t14-/m0/s1. The van der Waals surface area contributed by atoms with Crippen LogP contribution in [0.4, 0.5) is 0 Å². The molecule has 0 bridgehead atoms. The molecule has 0 saturated carbocycles. The van der Waals surface area contributed by atoms with Gasteiger partial charge in [-0.1, -0.05) is 37.3 Å². The maximum Gasteiger partial charge on any atom is 0.230 e. The maximum absolute atomic E-state index is 5.64. The molecule has 7 heteroatoms. The summed E-state index contributed by atoms with van der Waals surface area (Å²) in [4.78, 5) is 7.07. The van der Waals surface area contributed by atoms with E-state index in [1.165, 1.54) is 0 Å². The lowest BCUT2D eigenvalue weighted by Gasteiger charge is -2.30. The van der Waals surface area contributed by atoms with Crippen LogP contribution in [-0.2, 0) is 13.0 Å². The van der Waals surface area contributed by atoms with Crippen molar-refractivity contribution in [3.63, 3.8) is 0 Å². The molecule has 0 spiro atoms. The van der Waals surface area contributed by atoms with Gasteiger partial charge in [0.15, 0.2) is 5.82 Å². The second-order valence-electron chi connectivity index (χ2n) is 6.43. The molecular formula is C18H22N6O. The smallest absolute Gasteiger partial charge is 0.230 e. The highest BCUT2D eigenvalue weighted by molar-refractivity contribution is 5.53. The Kier molecular flexibility index (Phi) is 4.56. The molecule has 2 aromatic heterocycles. The summed E-state index contributed by atoms with van der Waals surface area (Å²) in [5.74, 6) is 3.47. The van der Waals surface area contributed by atoms with Crippen LogP contribution in [0.1, 0.15) is 43.3 Å². The first-order chi connectivity index (χ1) is 12.3. The fourth-order valence-electron chi connectivity index (χ4n) is 3.28. The monoisotopic (exact) mass is 338 g/mol. The van der Waals surface area contributed by atoms with Crippen molar-refractivity contribution >= 4 is 0 Å². The molecule has 7 nitrogen and oxygen atoms in total. The number of H-pyrrole nitrogens is 1. The van der Waals surface area contributed by atoms with Crippen LogP contribution >= 0.6 is 0 Å². The van der Waals surface area contributed by atoms with Crippen molar-refractivity contribution in [2.24, 2.45) is 0 Å². The topological polar surface area (TPSA) is 83.7 Å². The maximum atomic E-state index is 5.64. The molecule has 3 aromatic rings. The zero-order chi connectivity index (χ0) is 17.1. The van der Waals surface area contributed by atoms with Crippen LogP contribution in [0.15, 0.2) is 34.7 Å². The summed E-state index contributed by atoms with van der Waals surface area (Å²) in [5, 5.41) is 15.7. The molecular weight excluding hydrogens is 316 g/mol. The summed E-state index contributed by atoms with van der Waals surface area (Å²) in [5.41, 5.74) is 1.04. The van der Waals surface area contributed by atoms with Crippen molar-refractivity contribution in [2.45, 2.75) is 38.6 Å². The van der Waals surface area contributed by atoms with E-state index in [1.54, 1.807) is 0 Å². The normalized spacial score (nSPS) is 18.5. The second kappa shape index (κ2) is 7.14. The molecule has 1 N–H and O–H groups in total. The highest BCUT2D eigenvalue weighted by Crippen LogP contribution is 2.26. The van der Waals surface area contributed by atoms with Gasteiger partial charge in [-0.25, -0.2) is 4.98 Å². The van der Waals surface area contributed by atoms with Crippen LogP contribution in [0.25, 0.3) is 11.4 Å². The van der Waals surface area contributed by atoms with E-state index in [2.05, 4.69) is 25.3 Å². The number of aryl methyl sites for hydroxylation is 1. The Labute approximate surface area is 146 Å². The highest BCUT2D eigenvalue weighted by atomic mass is 16.4. The summed E-state index contributed by atoms with van der Waals surface area (Å²) in [6.45, 7) is 4.68. The van der Waals surface area contributed by atoms with Gasteiger partial charge in [0, 0.05) is 24.4 Å². The largest absolute Gasteiger partial charge is 0.424 e. The molecule has 0 amide bonds. The number of benzene rings is 1. The van der Waals surface area contributed by atoms with Gasteiger partial charge in [-0.05, 0) is 19.4 Å². The van der Waals surface area contributed by atoms with Crippen molar-refractivity contribution in [3.8, 4) is 11.4 Å². The molecule has 0 aliphatic carbocycles. The summed E-state index contributed by atoms with van der Waals surface area (Å²) < 4.78 is 5.64. The average Bonchev–Trinajstić information content (AvgIpc) is 3.32. The van der Waals surface area contributed by atoms with Gasteiger partial charge < -0.3 is 4.42 Å². The Balaban J connectivity index is 1.43. The summed E-state index contributed by atoms with van der Waals surface area (Å²) in [6.07, 6.45) is 3.01. The van der Waals surface area contributed by atoms with E-state index in [0.29, 0.717) is 24.2 Å². The number of aromatic amines is 1. The Morgan fingerprint density at radius 3 is 2.84 bits per heavy atom. The molecule has 4 rings (SSSR count). The number of aromatic nitrogens is 5. The van der Waals surface area contributed by atoms with Crippen LogP contribution in [0, 0.1) is 0 Å². The molecule has 25 heavy (non-hydrogen) atoms. The summed E-state index contributed by atoms with van der Waals surface area (Å²) in [7, 11) is 0. The van der Waals surface area contributed by atoms with Gasteiger partial charge >= 0.3 is 0 Å². The van der Waals surface area contributed by atoms with Crippen molar-refractivity contribution in [1.29, 1.82) is 0 Å².